The molecule has 0 aliphatic carbocycles. The van der Waals surface area contributed by atoms with Gasteiger partial charge in [0.15, 0.2) is 0 Å². The van der Waals surface area contributed by atoms with E-state index in [9.17, 15) is 4.79 Å². The Labute approximate surface area is 158 Å². The second kappa shape index (κ2) is 7.42. The summed E-state index contributed by atoms with van der Waals surface area (Å²) in [6.07, 6.45) is 1.85. The average Bonchev–Trinajstić information content (AvgIpc) is 2.72. The maximum absolute atomic E-state index is 12.6. The lowest BCUT2D eigenvalue weighted by molar-refractivity contribution is 0.0951. The Bertz CT molecular complexity index is 1120. The van der Waals surface area contributed by atoms with E-state index in [2.05, 4.69) is 22.4 Å². The van der Waals surface area contributed by atoms with Gasteiger partial charge in [-0.3, -0.25) is 9.78 Å². The van der Waals surface area contributed by atoms with Crippen LogP contribution < -0.4 is 5.32 Å². The van der Waals surface area contributed by atoms with E-state index in [-0.39, 0.29) is 5.91 Å². The molecule has 0 spiro atoms. The molecule has 4 rings (SSSR count). The quantitative estimate of drug-likeness (QED) is 0.552. The Morgan fingerprint density at radius 3 is 2.63 bits per heavy atom. The van der Waals surface area contributed by atoms with Crippen LogP contribution >= 0.6 is 0 Å². The van der Waals surface area contributed by atoms with Gasteiger partial charge >= 0.3 is 0 Å². The van der Waals surface area contributed by atoms with Crippen LogP contribution in [0.25, 0.3) is 22.0 Å². The molecule has 0 aliphatic rings. The highest BCUT2D eigenvalue weighted by Gasteiger charge is 2.08. The van der Waals surface area contributed by atoms with Crippen LogP contribution in [0, 0.1) is 6.92 Å². The summed E-state index contributed by atoms with van der Waals surface area (Å²) < 4.78 is 0. The fourth-order valence-electron chi connectivity index (χ4n) is 3.18. The second-order valence-corrected chi connectivity index (χ2v) is 6.67. The van der Waals surface area contributed by atoms with Crippen molar-refractivity contribution in [2.45, 2.75) is 13.5 Å². The third kappa shape index (κ3) is 3.87. The Balaban J connectivity index is 1.55. The highest BCUT2D eigenvalue weighted by atomic mass is 16.1. The Morgan fingerprint density at radius 1 is 0.889 bits per heavy atom. The zero-order valence-corrected chi connectivity index (χ0v) is 15.1. The molecule has 0 saturated heterocycles. The number of nitrogens with one attached hydrogen (secondary N) is 1. The van der Waals surface area contributed by atoms with E-state index in [1.807, 2.05) is 79.9 Å². The van der Waals surface area contributed by atoms with Crippen molar-refractivity contribution in [1.82, 2.24) is 10.3 Å². The Morgan fingerprint density at radius 2 is 1.74 bits per heavy atom. The number of carbonyl (C=O) groups is 1. The normalized spacial score (nSPS) is 10.7. The first kappa shape index (κ1) is 17.0. The lowest BCUT2D eigenvalue weighted by Gasteiger charge is -2.08. The van der Waals surface area contributed by atoms with Gasteiger partial charge in [-0.05, 0) is 42.3 Å². The van der Waals surface area contributed by atoms with Crippen LogP contribution in [0.1, 0.15) is 21.5 Å². The molecule has 0 bridgehead atoms. The monoisotopic (exact) mass is 352 g/mol. The number of nitrogens with zero attached hydrogens (tertiary/aromatic N) is 1. The molecule has 132 valence electrons. The van der Waals surface area contributed by atoms with Crippen LogP contribution in [-0.4, -0.2) is 10.9 Å². The van der Waals surface area contributed by atoms with Crippen molar-refractivity contribution in [1.29, 1.82) is 0 Å². The molecule has 1 heterocycles. The molecule has 0 fully saturated rings. The molecule has 1 N–H and O–H groups in total. The van der Waals surface area contributed by atoms with Crippen LogP contribution in [0.5, 0.6) is 0 Å². The number of para-hydroxylation sites is 1. The summed E-state index contributed by atoms with van der Waals surface area (Å²) in [4.78, 5) is 17.1. The molecule has 3 aromatic carbocycles. The summed E-state index contributed by atoms with van der Waals surface area (Å²) in [5.74, 6) is -0.0768. The summed E-state index contributed by atoms with van der Waals surface area (Å²) in [7, 11) is 0. The standard InChI is InChI=1S/C24H20N2O/c1-17-6-4-7-18(12-17)15-26-24(27)21-10-5-9-19(13-21)22-14-20-8-2-3-11-23(20)25-16-22/h2-14,16H,15H2,1H3,(H,26,27). The molecule has 1 aromatic heterocycles. The van der Waals surface area contributed by atoms with Gasteiger partial charge in [-0.15, -0.1) is 0 Å². The first-order valence-corrected chi connectivity index (χ1v) is 8.98. The van der Waals surface area contributed by atoms with Crippen molar-refractivity contribution in [2.24, 2.45) is 0 Å². The number of benzene rings is 3. The SMILES string of the molecule is Cc1cccc(CNC(=O)c2cccc(-c3cnc4ccccc4c3)c2)c1. The molecular formula is C24H20N2O. The minimum atomic E-state index is -0.0768. The number of rotatable bonds is 4. The lowest BCUT2D eigenvalue weighted by atomic mass is 10.0. The number of fused-ring (bicyclic) bond motifs is 1. The first-order valence-electron chi connectivity index (χ1n) is 8.98. The lowest BCUT2D eigenvalue weighted by Crippen LogP contribution is -2.22. The molecule has 0 atom stereocenters. The summed E-state index contributed by atoms with van der Waals surface area (Å²) in [5.41, 5.74) is 5.88. The summed E-state index contributed by atoms with van der Waals surface area (Å²) >= 11 is 0. The van der Waals surface area contributed by atoms with Gasteiger partial charge in [-0.1, -0.05) is 60.2 Å². The Kier molecular flexibility index (Phi) is 4.67. The van der Waals surface area contributed by atoms with Gasteiger partial charge in [0.25, 0.3) is 5.91 Å². The zero-order chi connectivity index (χ0) is 18.6. The molecule has 0 unspecified atom stereocenters. The van der Waals surface area contributed by atoms with Gasteiger partial charge in [0.1, 0.15) is 0 Å². The van der Waals surface area contributed by atoms with Crippen molar-refractivity contribution < 1.29 is 4.79 Å². The third-order valence-corrected chi connectivity index (χ3v) is 4.58. The first-order chi connectivity index (χ1) is 13.2. The third-order valence-electron chi connectivity index (χ3n) is 4.58. The average molecular weight is 352 g/mol. The van der Waals surface area contributed by atoms with Gasteiger partial charge in [0, 0.05) is 29.3 Å². The maximum Gasteiger partial charge on any atom is 0.251 e. The number of aryl methyl sites for hydroxylation is 1. The summed E-state index contributed by atoms with van der Waals surface area (Å²) in [5, 5.41) is 4.08. The van der Waals surface area contributed by atoms with E-state index < -0.39 is 0 Å². The smallest absolute Gasteiger partial charge is 0.251 e. The molecule has 4 aromatic rings. The number of pyridine rings is 1. The molecule has 3 heteroatoms. The fraction of sp³-hybridized carbons (Fsp3) is 0.0833. The minimum absolute atomic E-state index is 0.0768. The van der Waals surface area contributed by atoms with Crippen LogP contribution in [0.3, 0.4) is 0 Å². The highest BCUT2D eigenvalue weighted by Crippen LogP contribution is 2.23. The van der Waals surface area contributed by atoms with Crippen molar-refractivity contribution >= 4 is 16.8 Å². The van der Waals surface area contributed by atoms with Gasteiger partial charge < -0.3 is 5.32 Å². The van der Waals surface area contributed by atoms with E-state index >= 15 is 0 Å². The highest BCUT2D eigenvalue weighted by molar-refractivity contribution is 5.95. The fourth-order valence-corrected chi connectivity index (χ4v) is 3.18. The number of hydrogen-bond acceptors (Lipinski definition) is 2. The number of hydrogen-bond donors (Lipinski definition) is 1. The van der Waals surface area contributed by atoms with Gasteiger partial charge in [-0.2, -0.15) is 0 Å². The second-order valence-electron chi connectivity index (χ2n) is 6.67. The van der Waals surface area contributed by atoms with E-state index in [1.165, 1.54) is 5.56 Å². The predicted molar refractivity (Wildman–Crippen MR) is 110 cm³/mol. The predicted octanol–water partition coefficient (Wildman–Crippen LogP) is 5.14. The Hall–Kier alpha value is -3.46. The molecule has 3 nitrogen and oxygen atoms in total. The van der Waals surface area contributed by atoms with Gasteiger partial charge in [-0.25, -0.2) is 0 Å². The van der Waals surface area contributed by atoms with Crippen molar-refractivity contribution in [2.75, 3.05) is 0 Å². The maximum atomic E-state index is 12.6. The minimum Gasteiger partial charge on any atom is -0.348 e. The largest absolute Gasteiger partial charge is 0.348 e. The van der Waals surface area contributed by atoms with Crippen LogP contribution in [0.4, 0.5) is 0 Å². The molecule has 0 saturated carbocycles. The summed E-state index contributed by atoms with van der Waals surface area (Å²) in [6.45, 7) is 2.56. The van der Waals surface area contributed by atoms with Crippen LogP contribution in [-0.2, 0) is 6.54 Å². The molecule has 0 aliphatic heterocycles. The topological polar surface area (TPSA) is 42.0 Å². The number of aromatic nitrogens is 1. The van der Waals surface area contributed by atoms with E-state index in [0.29, 0.717) is 12.1 Å². The molecule has 0 radical (unpaired) electrons. The molecular weight excluding hydrogens is 332 g/mol. The van der Waals surface area contributed by atoms with Gasteiger partial charge in [0.05, 0.1) is 5.52 Å². The number of carbonyl (C=O) groups excluding carboxylic acids is 1. The van der Waals surface area contributed by atoms with E-state index in [0.717, 1.165) is 27.6 Å². The van der Waals surface area contributed by atoms with Gasteiger partial charge in [0.2, 0.25) is 0 Å². The van der Waals surface area contributed by atoms with Crippen LogP contribution in [0.2, 0.25) is 0 Å². The molecule has 27 heavy (non-hydrogen) atoms. The van der Waals surface area contributed by atoms with Crippen molar-refractivity contribution in [3.8, 4) is 11.1 Å². The van der Waals surface area contributed by atoms with Crippen molar-refractivity contribution in [3.05, 3.63) is 102 Å². The molecule has 1 amide bonds. The van der Waals surface area contributed by atoms with Crippen molar-refractivity contribution in [3.63, 3.8) is 0 Å². The van der Waals surface area contributed by atoms with Crippen LogP contribution in [0.15, 0.2) is 85.1 Å². The summed E-state index contributed by atoms with van der Waals surface area (Å²) in [6, 6.07) is 25.9. The number of amides is 1. The van der Waals surface area contributed by atoms with E-state index in [4.69, 9.17) is 0 Å². The zero-order valence-electron chi connectivity index (χ0n) is 15.1. The van der Waals surface area contributed by atoms with E-state index in [1.54, 1.807) is 0 Å².